The molecule has 0 atom stereocenters. The lowest BCUT2D eigenvalue weighted by atomic mass is 10.2. The molecule has 0 spiro atoms. The van der Waals surface area contributed by atoms with Gasteiger partial charge in [0.25, 0.3) is 5.88 Å². The van der Waals surface area contributed by atoms with Crippen molar-refractivity contribution in [3.05, 3.63) is 35.8 Å². The van der Waals surface area contributed by atoms with Crippen molar-refractivity contribution < 1.29 is 13.9 Å². The van der Waals surface area contributed by atoms with Crippen molar-refractivity contribution in [2.45, 2.75) is 6.92 Å². The van der Waals surface area contributed by atoms with Gasteiger partial charge in [0.15, 0.2) is 11.5 Å². The van der Waals surface area contributed by atoms with Crippen LogP contribution in [0.2, 0.25) is 0 Å². The van der Waals surface area contributed by atoms with Gasteiger partial charge in [-0.15, -0.1) is 0 Å². The summed E-state index contributed by atoms with van der Waals surface area (Å²) in [4.78, 5) is 7.20. The highest BCUT2D eigenvalue weighted by Crippen LogP contribution is 2.32. The summed E-state index contributed by atoms with van der Waals surface area (Å²) >= 11 is 0. The Kier molecular flexibility index (Phi) is 3.27. The SMILES string of the molecule is COc1cc(C)ccc1Oc1nc(N)ncc1F. The zero-order chi connectivity index (χ0) is 13.1. The van der Waals surface area contributed by atoms with Crippen LogP contribution in [0.5, 0.6) is 17.4 Å². The number of nitrogen functional groups attached to an aromatic ring is 1. The maximum atomic E-state index is 13.4. The van der Waals surface area contributed by atoms with Crippen LogP contribution < -0.4 is 15.2 Å². The van der Waals surface area contributed by atoms with Gasteiger partial charge < -0.3 is 15.2 Å². The molecule has 0 fully saturated rings. The lowest BCUT2D eigenvalue weighted by Crippen LogP contribution is -2.00. The number of benzene rings is 1. The number of methoxy groups -OCH3 is 1. The number of aromatic nitrogens is 2. The number of ether oxygens (including phenoxy) is 2. The van der Waals surface area contributed by atoms with Crippen LogP contribution in [0.4, 0.5) is 10.3 Å². The van der Waals surface area contributed by atoms with Gasteiger partial charge in [0.2, 0.25) is 11.8 Å². The molecule has 0 radical (unpaired) electrons. The lowest BCUT2D eigenvalue weighted by Gasteiger charge is -2.10. The third kappa shape index (κ3) is 2.48. The summed E-state index contributed by atoms with van der Waals surface area (Å²) in [5.41, 5.74) is 6.38. The number of nitrogens with zero attached hydrogens (tertiary/aromatic N) is 2. The van der Waals surface area contributed by atoms with Crippen molar-refractivity contribution in [3.8, 4) is 17.4 Å². The smallest absolute Gasteiger partial charge is 0.261 e. The zero-order valence-corrected chi connectivity index (χ0v) is 9.98. The molecule has 18 heavy (non-hydrogen) atoms. The Bertz CT molecular complexity index is 575. The van der Waals surface area contributed by atoms with Crippen LogP contribution in [0.15, 0.2) is 24.4 Å². The van der Waals surface area contributed by atoms with Crippen LogP contribution in [0.3, 0.4) is 0 Å². The number of anilines is 1. The van der Waals surface area contributed by atoms with E-state index in [1.807, 2.05) is 13.0 Å². The summed E-state index contributed by atoms with van der Waals surface area (Å²) in [5, 5.41) is 0. The molecule has 0 aliphatic carbocycles. The first kappa shape index (κ1) is 12.1. The molecule has 1 aromatic carbocycles. The first-order valence-corrected chi connectivity index (χ1v) is 5.20. The quantitative estimate of drug-likeness (QED) is 0.903. The molecular weight excluding hydrogens is 237 g/mol. The maximum absolute atomic E-state index is 13.4. The average Bonchev–Trinajstić information content (AvgIpc) is 2.36. The molecule has 6 heteroatoms. The van der Waals surface area contributed by atoms with E-state index >= 15 is 0 Å². The minimum atomic E-state index is -0.688. The number of hydrogen-bond acceptors (Lipinski definition) is 5. The van der Waals surface area contributed by atoms with Crippen LogP contribution in [0.25, 0.3) is 0 Å². The Morgan fingerprint density at radius 2 is 2.06 bits per heavy atom. The van der Waals surface area contributed by atoms with E-state index in [0.717, 1.165) is 11.8 Å². The predicted molar refractivity (Wildman–Crippen MR) is 64.2 cm³/mol. The van der Waals surface area contributed by atoms with E-state index in [1.54, 1.807) is 12.1 Å². The molecule has 0 aliphatic rings. The van der Waals surface area contributed by atoms with Gasteiger partial charge in [-0.2, -0.15) is 9.37 Å². The third-order valence-electron chi connectivity index (χ3n) is 2.26. The molecule has 0 saturated carbocycles. The molecule has 94 valence electrons. The monoisotopic (exact) mass is 249 g/mol. The molecule has 2 N–H and O–H groups in total. The number of hydrogen-bond donors (Lipinski definition) is 1. The number of halogens is 1. The molecule has 1 aromatic heterocycles. The van der Waals surface area contributed by atoms with Gasteiger partial charge in [-0.3, -0.25) is 0 Å². The molecule has 0 saturated heterocycles. The highest BCUT2D eigenvalue weighted by molar-refractivity contribution is 5.44. The first-order valence-electron chi connectivity index (χ1n) is 5.20. The van der Waals surface area contributed by atoms with E-state index < -0.39 is 5.82 Å². The van der Waals surface area contributed by atoms with Crippen LogP contribution in [-0.4, -0.2) is 17.1 Å². The number of rotatable bonds is 3. The summed E-state index contributed by atoms with van der Waals surface area (Å²) in [6.45, 7) is 1.91. The summed E-state index contributed by atoms with van der Waals surface area (Å²) < 4.78 is 23.9. The van der Waals surface area contributed by atoms with Gasteiger partial charge in [0.1, 0.15) is 0 Å². The summed E-state index contributed by atoms with van der Waals surface area (Å²) in [6.07, 6.45) is 0.957. The van der Waals surface area contributed by atoms with Crippen molar-refractivity contribution >= 4 is 5.95 Å². The molecule has 2 aromatic rings. The van der Waals surface area contributed by atoms with Crippen LogP contribution >= 0.6 is 0 Å². The molecule has 0 unspecified atom stereocenters. The fourth-order valence-electron chi connectivity index (χ4n) is 1.40. The summed E-state index contributed by atoms with van der Waals surface area (Å²) in [6, 6.07) is 5.27. The summed E-state index contributed by atoms with van der Waals surface area (Å²) in [7, 11) is 1.51. The Hall–Kier alpha value is -2.37. The van der Waals surface area contributed by atoms with E-state index in [4.69, 9.17) is 15.2 Å². The number of nitrogens with two attached hydrogens (primary N) is 1. The Morgan fingerprint density at radius 3 is 2.78 bits per heavy atom. The highest BCUT2D eigenvalue weighted by Gasteiger charge is 2.11. The van der Waals surface area contributed by atoms with Gasteiger partial charge in [0.05, 0.1) is 13.3 Å². The van der Waals surface area contributed by atoms with Crippen LogP contribution in [-0.2, 0) is 0 Å². The maximum Gasteiger partial charge on any atom is 0.261 e. The fraction of sp³-hybridized carbons (Fsp3) is 0.167. The number of aryl methyl sites for hydroxylation is 1. The molecular formula is C12H12FN3O2. The van der Waals surface area contributed by atoms with E-state index in [0.29, 0.717) is 11.5 Å². The second kappa shape index (κ2) is 4.87. The second-order valence-corrected chi connectivity index (χ2v) is 3.64. The van der Waals surface area contributed by atoms with Crippen molar-refractivity contribution in [2.75, 3.05) is 12.8 Å². The van der Waals surface area contributed by atoms with Crippen molar-refractivity contribution in [3.63, 3.8) is 0 Å². The van der Waals surface area contributed by atoms with Crippen LogP contribution in [0.1, 0.15) is 5.56 Å². The molecule has 0 aliphatic heterocycles. The third-order valence-corrected chi connectivity index (χ3v) is 2.26. The highest BCUT2D eigenvalue weighted by atomic mass is 19.1. The van der Waals surface area contributed by atoms with Gasteiger partial charge >= 0.3 is 0 Å². The van der Waals surface area contributed by atoms with E-state index in [-0.39, 0.29) is 11.8 Å². The second-order valence-electron chi connectivity index (χ2n) is 3.64. The standard InChI is InChI=1S/C12H12FN3O2/c1-7-3-4-9(10(5-7)17-2)18-11-8(13)6-15-12(14)16-11/h3-6H,1-2H3,(H2,14,15,16). The average molecular weight is 249 g/mol. The summed E-state index contributed by atoms with van der Waals surface area (Å²) in [5.74, 6) is -0.124. The van der Waals surface area contributed by atoms with Crippen molar-refractivity contribution in [1.29, 1.82) is 0 Å². The van der Waals surface area contributed by atoms with Crippen molar-refractivity contribution in [2.24, 2.45) is 0 Å². The normalized spacial score (nSPS) is 10.2. The molecule has 2 rings (SSSR count). The Labute approximate surface area is 103 Å². The topological polar surface area (TPSA) is 70.3 Å². The molecule has 1 heterocycles. The molecule has 0 bridgehead atoms. The van der Waals surface area contributed by atoms with Crippen LogP contribution in [0, 0.1) is 12.7 Å². The zero-order valence-electron chi connectivity index (χ0n) is 9.98. The van der Waals surface area contributed by atoms with E-state index in [9.17, 15) is 4.39 Å². The van der Waals surface area contributed by atoms with E-state index in [1.165, 1.54) is 7.11 Å². The predicted octanol–water partition coefficient (Wildman–Crippen LogP) is 2.31. The van der Waals surface area contributed by atoms with Gasteiger partial charge in [-0.25, -0.2) is 4.98 Å². The van der Waals surface area contributed by atoms with Gasteiger partial charge in [0, 0.05) is 0 Å². The lowest BCUT2D eigenvalue weighted by molar-refractivity contribution is 0.363. The van der Waals surface area contributed by atoms with Gasteiger partial charge in [-0.1, -0.05) is 6.07 Å². The first-order chi connectivity index (χ1) is 8.60. The van der Waals surface area contributed by atoms with Gasteiger partial charge in [-0.05, 0) is 24.6 Å². The minimum Gasteiger partial charge on any atom is -0.493 e. The minimum absolute atomic E-state index is 0.0579. The van der Waals surface area contributed by atoms with Crippen molar-refractivity contribution in [1.82, 2.24) is 9.97 Å². The Morgan fingerprint density at radius 1 is 1.28 bits per heavy atom. The van der Waals surface area contributed by atoms with E-state index in [2.05, 4.69) is 9.97 Å². The fourth-order valence-corrected chi connectivity index (χ4v) is 1.40. The Balaban J connectivity index is 2.36. The molecule has 5 nitrogen and oxygen atoms in total. The molecule has 0 amide bonds. The largest absolute Gasteiger partial charge is 0.493 e.